The van der Waals surface area contributed by atoms with Crippen LogP contribution < -0.4 is 5.73 Å². The molecule has 0 atom stereocenters. The van der Waals surface area contributed by atoms with Gasteiger partial charge in [0.15, 0.2) is 0 Å². The lowest BCUT2D eigenvalue weighted by molar-refractivity contribution is -0.113. The first kappa shape index (κ1) is 12.8. The standard InChI is InChI=1S/C5H13N.C3H5NO/c1-4-5-6(2)3;1-2-3(4)5/h4-5H2,1-3H3;2H,1H2,(H2,4,5). The number of hydrogen-bond donors (Lipinski definition) is 1. The smallest absolute Gasteiger partial charge is 0.240 e. The topological polar surface area (TPSA) is 46.3 Å². The second-order valence-electron chi connectivity index (χ2n) is 2.41. The first-order valence-corrected chi connectivity index (χ1v) is 3.61. The molecule has 0 fully saturated rings. The Labute approximate surface area is 68.9 Å². The summed E-state index contributed by atoms with van der Waals surface area (Å²) in [4.78, 5) is 11.7. The molecule has 0 aliphatic rings. The fraction of sp³-hybridized carbons (Fsp3) is 0.625. The molecular weight excluding hydrogens is 140 g/mol. The average molecular weight is 158 g/mol. The number of amides is 1. The highest BCUT2D eigenvalue weighted by Gasteiger charge is 1.79. The van der Waals surface area contributed by atoms with E-state index in [1.54, 1.807) is 0 Å². The number of primary amides is 1. The van der Waals surface area contributed by atoms with Crippen LogP contribution in [0, 0.1) is 0 Å². The summed E-state index contributed by atoms with van der Waals surface area (Å²) in [6, 6.07) is 0. The highest BCUT2D eigenvalue weighted by Crippen LogP contribution is 1.76. The van der Waals surface area contributed by atoms with Gasteiger partial charge in [-0.3, -0.25) is 4.79 Å². The van der Waals surface area contributed by atoms with Crippen molar-refractivity contribution >= 4 is 5.91 Å². The summed E-state index contributed by atoms with van der Waals surface area (Å²) < 4.78 is 0. The molecule has 11 heavy (non-hydrogen) atoms. The van der Waals surface area contributed by atoms with E-state index in [2.05, 4.69) is 38.2 Å². The molecule has 0 aromatic heterocycles. The van der Waals surface area contributed by atoms with Gasteiger partial charge < -0.3 is 10.6 Å². The lowest BCUT2D eigenvalue weighted by Gasteiger charge is -2.03. The molecule has 0 aromatic carbocycles. The van der Waals surface area contributed by atoms with E-state index in [1.165, 1.54) is 13.0 Å². The Morgan fingerprint density at radius 3 is 2.00 bits per heavy atom. The van der Waals surface area contributed by atoms with Crippen molar-refractivity contribution in [3.8, 4) is 0 Å². The quantitative estimate of drug-likeness (QED) is 0.612. The van der Waals surface area contributed by atoms with Crippen molar-refractivity contribution in [3.63, 3.8) is 0 Å². The molecule has 0 saturated carbocycles. The van der Waals surface area contributed by atoms with Crippen LogP contribution in [0.15, 0.2) is 12.7 Å². The molecule has 2 N–H and O–H groups in total. The molecule has 0 rings (SSSR count). The van der Waals surface area contributed by atoms with Gasteiger partial charge >= 0.3 is 0 Å². The van der Waals surface area contributed by atoms with Crippen molar-refractivity contribution < 1.29 is 4.79 Å². The number of nitrogens with two attached hydrogens (primary N) is 1. The predicted molar refractivity (Wildman–Crippen MR) is 48.2 cm³/mol. The van der Waals surface area contributed by atoms with Gasteiger partial charge in [0.1, 0.15) is 0 Å². The summed E-state index contributed by atoms with van der Waals surface area (Å²) in [5, 5.41) is 0. The first-order valence-electron chi connectivity index (χ1n) is 3.61. The maximum atomic E-state index is 9.47. The molecular formula is C8H18N2O. The summed E-state index contributed by atoms with van der Waals surface area (Å²) in [5.41, 5.74) is 4.53. The van der Waals surface area contributed by atoms with Gasteiger partial charge in [0.05, 0.1) is 0 Å². The SMILES string of the molecule is C=CC(N)=O.CCCN(C)C. The van der Waals surface area contributed by atoms with Crippen LogP contribution in [0.4, 0.5) is 0 Å². The van der Waals surface area contributed by atoms with Crippen molar-refractivity contribution in [1.29, 1.82) is 0 Å². The highest BCUT2D eigenvalue weighted by molar-refractivity contribution is 5.84. The van der Waals surface area contributed by atoms with E-state index in [-0.39, 0.29) is 0 Å². The van der Waals surface area contributed by atoms with Crippen LogP contribution >= 0.6 is 0 Å². The van der Waals surface area contributed by atoms with E-state index in [9.17, 15) is 4.79 Å². The largest absolute Gasteiger partial charge is 0.366 e. The van der Waals surface area contributed by atoms with E-state index in [0.717, 1.165) is 6.08 Å². The second kappa shape index (κ2) is 9.17. The molecule has 1 amide bonds. The monoisotopic (exact) mass is 158 g/mol. The molecule has 3 nitrogen and oxygen atoms in total. The normalized spacial score (nSPS) is 8.36. The first-order chi connectivity index (χ1) is 5.04. The van der Waals surface area contributed by atoms with Crippen LogP contribution in [-0.4, -0.2) is 31.4 Å². The zero-order valence-electron chi connectivity index (χ0n) is 7.63. The van der Waals surface area contributed by atoms with Crippen LogP contribution in [0.5, 0.6) is 0 Å². The van der Waals surface area contributed by atoms with Gasteiger partial charge in [0.25, 0.3) is 0 Å². The van der Waals surface area contributed by atoms with Crippen LogP contribution in [0.3, 0.4) is 0 Å². The Balaban J connectivity index is 0. The highest BCUT2D eigenvalue weighted by atomic mass is 16.1. The van der Waals surface area contributed by atoms with Gasteiger partial charge in [-0.1, -0.05) is 13.5 Å². The zero-order chi connectivity index (χ0) is 9.28. The van der Waals surface area contributed by atoms with Gasteiger partial charge in [-0.25, -0.2) is 0 Å². The minimum Gasteiger partial charge on any atom is -0.366 e. The molecule has 66 valence electrons. The van der Waals surface area contributed by atoms with Gasteiger partial charge in [-0.05, 0) is 33.1 Å². The van der Waals surface area contributed by atoms with Gasteiger partial charge in [-0.2, -0.15) is 0 Å². The van der Waals surface area contributed by atoms with Crippen molar-refractivity contribution in [2.75, 3.05) is 20.6 Å². The van der Waals surface area contributed by atoms with E-state index >= 15 is 0 Å². The lowest BCUT2D eigenvalue weighted by Crippen LogP contribution is -2.11. The van der Waals surface area contributed by atoms with E-state index in [1.807, 2.05) is 0 Å². The summed E-state index contributed by atoms with van der Waals surface area (Å²) in [6.07, 6.45) is 2.31. The molecule has 0 bridgehead atoms. The van der Waals surface area contributed by atoms with Crippen molar-refractivity contribution in [1.82, 2.24) is 4.90 Å². The number of nitrogens with zero attached hydrogens (tertiary/aromatic N) is 1. The fourth-order valence-corrected chi connectivity index (χ4v) is 0.447. The Hall–Kier alpha value is -0.830. The fourth-order valence-electron chi connectivity index (χ4n) is 0.447. The third kappa shape index (κ3) is 27.1. The van der Waals surface area contributed by atoms with Crippen LogP contribution in [-0.2, 0) is 4.79 Å². The van der Waals surface area contributed by atoms with Crippen LogP contribution in [0.25, 0.3) is 0 Å². The molecule has 0 heterocycles. The predicted octanol–water partition coefficient (Wildman–Crippen LogP) is 0.616. The average Bonchev–Trinajstić information content (AvgIpc) is 1.89. The number of hydrogen-bond acceptors (Lipinski definition) is 2. The van der Waals surface area contributed by atoms with Crippen LogP contribution in [0.1, 0.15) is 13.3 Å². The summed E-state index contributed by atoms with van der Waals surface area (Å²) in [5.74, 6) is -0.481. The van der Waals surface area contributed by atoms with Crippen molar-refractivity contribution in [2.45, 2.75) is 13.3 Å². The van der Waals surface area contributed by atoms with Gasteiger partial charge in [0.2, 0.25) is 5.91 Å². The van der Waals surface area contributed by atoms with Gasteiger partial charge in [0, 0.05) is 0 Å². The maximum absolute atomic E-state index is 9.47. The molecule has 0 radical (unpaired) electrons. The molecule has 0 unspecified atom stereocenters. The van der Waals surface area contributed by atoms with Crippen molar-refractivity contribution in [3.05, 3.63) is 12.7 Å². The van der Waals surface area contributed by atoms with Crippen LogP contribution in [0.2, 0.25) is 0 Å². The zero-order valence-corrected chi connectivity index (χ0v) is 7.63. The van der Waals surface area contributed by atoms with E-state index < -0.39 is 5.91 Å². The second-order valence-corrected chi connectivity index (χ2v) is 2.41. The Morgan fingerprint density at radius 2 is 2.00 bits per heavy atom. The molecule has 0 saturated heterocycles. The molecule has 0 aromatic rings. The Kier molecular flexibility index (Phi) is 10.7. The summed E-state index contributed by atoms with van der Waals surface area (Å²) in [6.45, 7) is 6.47. The number of rotatable bonds is 3. The minimum atomic E-state index is -0.481. The Bertz CT molecular complexity index is 111. The maximum Gasteiger partial charge on any atom is 0.240 e. The molecule has 3 heteroatoms. The molecule has 0 aliphatic heterocycles. The third-order valence-corrected chi connectivity index (χ3v) is 0.872. The summed E-state index contributed by atoms with van der Waals surface area (Å²) in [7, 11) is 4.17. The van der Waals surface area contributed by atoms with Gasteiger partial charge in [-0.15, -0.1) is 0 Å². The minimum absolute atomic E-state index is 0.481. The molecule has 0 spiro atoms. The van der Waals surface area contributed by atoms with E-state index in [4.69, 9.17) is 0 Å². The molecule has 0 aliphatic carbocycles. The third-order valence-electron chi connectivity index (χ3n) is 0.872. The van der Waals surface area contributed by atoms with E-state index in [0.29, 0.717) is 0 Å². The number of carbonyl (C=O) groups excluding carboxylic acids is 1. The summed E-state index contributed by atoms with van der Waals surface area (Å²) >= 11 is 0. The Morgan fingerprint density at radius 1 is 1.64 bits per heavy atom. The lowest BCUT2D eigenvalue weighted by atomic mass is 10.5. The number of carbonyl (C=O) groups is 1. The van der Waals surface area contributed by atoms with Crippen molar-refractivity contribution in [2.24, 2.45) is 5.73 Å².